The van der Waals surface area contributed by atoms with E-state index in [-0.39, 0.29) is 5.78 Å². The number of rotatable bonds is 7. The van der Waals surface area contributed by atoms with Gasteiger partial charge < -0.3 is 4.90 Å². The fraction of sp³-hybridized carbons (Fsp3) is 0. The second-order valence-electron chi connectivity index (χ2n) is 10.1. The molecule has 200 valence electrons. The Morgan fingerprint density at radius 1 is 0.524 bits per heavy atom. The van der Waals surface area contributed by atoms with Gasteiger partial charge in [-0.2, -0.15) is 0 Å². The molecule has 0 saturated carbocycles. The molecule has 0 fully saturated rings. The lowest BCUT2D eigenvalue weighted by atomic mass is 10.0. The van der Waals surface area contributed by atoms with Gasteiger partial charge >= 0.3 is 0 Å². The Morgan fingerprint density at radius 2 is 1.02 bits per heavy atom. The molecule has 1 heterocycles. The van der Waals surface area contributed by atoms with Gasteiger partial charge in [-0.1, -0.05) is 103 Å². The number of carbonyl (C=O) groups is 1. The Balaban J connectivity index is 1.10. The Kier molecular flexibility index (Phi) is 6.93. The topological polar surface area (TPSA) is 20.3 Å². The van der Waals surface area contributed by atoms with Crippen molar-refractivity contribution in [2.45, 2.75) is 0 Å². The SMILES string of the molecule is O=C(C=Cc1ccc(N(c2ccccc2)c2ccccc2)cc1)c1ccc(C=C2c3ccccc3-c3ccccc32)s1. The Labute approximate surface area is 250 Å². The highest BCUT2D eigenvalue weighted by Gasteiger charge is 2.22. The van der Waals surface area contributed by atoms with Gasteiger partial charge in [-0.3, -0.25) is 4.79 Å². The van der Waals surface area contributed by atoms with E-state index in [9.17, 15) is 4.79 Å². The van der Waals surface area contributed by atoms with E-state index in [1.165, 1.54) is 39.2 Å². The van der Waals surface area contributed by atoms with Crippen molar-refractivity contribution in [2.24, 2.45) is 0 Å². The molecular weight excluding hydrogens is 531 g/mol. The third-order valence-corrected chi connectivity index (χ3v) is 8.53. The molecule has 1 aliphatic rings. The maximum atomic E-state index is 13.1. The highest BCUT2D eigenvalue weighted by Crippen LogP contribution is 2.45. The largest absolute Gasteiger partial charge is 0.311 e. The van der Waals surface area contributed by atoms with Crippen LogP contribution in [-0.4, -0.2) is 5.78 Å². The van der Waals surface area contributed by atoms with Crippen LogP contribution in [0.5, 0.6) is 0 Å². The molecule has 3 heteroatoms. The minimum atomic E-state index is 0.0103. The van der Waals surface area contributed by atoms with Crippen LogP contribution in [0.4, 0.5) is 17.1 Å². The standard InChI is InChI=1S/C39H27NOS/c41-38(39-26-24-32(42-39)27-37-35-17-9-7-15-33(35)34-16-8-10-18-36(34)37)25-21-28-19-22-31(23-20-28)40(29-11-3-1-4-12-29)30-13-5-2-6-14-30/h1-27H. The van der Waals surface area contributed by atoms with Gasteiger partial charge in [0, 0.05) is 21.9 Å². The molecule has 0 amide bonds. The zero-order valence-electron chi connectivity index (χ0n) is 22.9. The Hall–Kier alpha value is -5.25. The highest BCUT2D eigenvalue weighted by atomic mass is 32.1. The first-order valence-electron chi connectivity index (χ1n) is 14.0. The van der Waals surface area contributed by atoms with Crippen molar-refractivity contribution >= 4 is 51.9 Å². The number of thiophene rings is 1. The molecule has 0 saturated heterocycles. The fourth-order valence-electron chi connectivity index (χ4n) is 5.50. The van der Waals surface area contributed by atoms with Gasteiger partial charge in [-0.05, 0) is 94.1 Å². The first kappa shape index (κ1) is 25.7. The van der Waals surface area contributed by atoms with E-state index in [0.717, 1.165) is 32.4 Å². The number of anilines is 3. The van der Waals surface area contributed by atoms with E-state index in [0.29, 0.717) is 0 Å². The Bertz CT molecular complexity index is 1850. The van der Waals surface area contributed by atoms with E-state index < -0.39 is 0 Å². The fourth-order valence-corrected chi connectivity index (χ4v) is 6.37. The van der Waals surface area contributed by atoms with Crippen molar-refractivity contribution in [2.75, 3.05) is 4.90 Å². The summed E-state index contributed by atoms with van der Waals surface area (Å²) in [7, 11) is 0. The zero-order chi connectivity index (χ0) is 28.3. The van der Waals surface area contributed by atoms with Crippen LogP contribution in [0.1, 0.15) is 31.2 Å². The monoisotopic (exact) mass is 557 g/mol. The van der Waals surface area contributed by atoms with Crippen molar-refractivity contribution in [3.8, 4) is 11.1 Å². The van der Waals surface area contributed by atoms with Crippen LogP contribution < -0.4 is 4.90 Å². The summed E-state index contributed by atoms with van der Waals surface area (Å²) in [5.74, 6) is 0.0103. The number of benzene rings is 5. The summed E-state index contributed by atoms with van der Waals surface area (Å²) in [4.78, 5) is 17.1. The molecule has 0 spiro atoms. The predicted octanol–water partition coefficient (Wildman–Crippen LogP) is 10.7. The second-order valence-corrected chi connectivity index (χ2v) is 11.3. The summed E-state index contributed by atoms with van der Waals surface area (Å²) in [6.07, 6.45) is 5.77. The molecule has 2 nitrogen and oxygen atoms in total. The summed E-state index contributed by atoms with van der Waals surface area (Å²) in [5, 5.41) is 0. The molecule has 7 rings (SSSR count). The summed E-state index contributed by atoms with van der Waals surface area (Å²) in [6.45, 7) is 0. The normalized spacial score (nSPS) is 11.8. The molecule has 0 radical (unpaired) electrons. The lowest BCUT2D eigenvalue weighted by Gasteiger charge is -2.25. The molecule has 0 bridgehead atoms. The van der Waals surface area contributed by atoms with Crippen LogP contribution >= 0.6 is 11.3 Å². The molecule has 0 unspecified atom stereocenters. The van der Waals surface area contributed by atoms with Crippen LogP contribution in [0.3, 0.4) is 0 Å². The van der Waals surface area contributed by atoms with E-state index >= 15 is 0 Å². The molecule has 5 aromatic carbocycles. The third kappa shape index (κ3) is 5.03. The number of nitrogens with zero attached hydrogens (tertiary/aromatic N) is 1. The van der Waals surface area contributed by atoms with Crippen LogP contribution in [0, 0.1) is 0 Å². The first-order valence-corrected chi connectivity index (χ1v) is 14.8. The Morgan fingerprint density at radius 3 is 1.60 bits per heavy atom. The average molecular weight is 558 g/mol. The number of para-hydroxylation sites is 2. The van der Waals surface area contributed by atoms with Crippen molar-refractivity contribution in [3.63, 3.8) is 0 Å². The molecule has 1 aromatic heterocycles. The van der Waals surface area contributed by atoms with Crippen molar-refractivity contribution in [1.82, 2.24) is 0 Å². The number of allylic oxidation sites excluding steroid dienone is 1. The van der Waals surface area contributed by atoms with Crippen molar-refractivity contribution in [1.29, 1.82) is 0 Å². The number of carbonyl (C=O) groups excluding carboxylic acids is 1. The summed E-state index contributed by atoms with van der Waals surface area (Å²) >= 11 is 1.53. The lowest BCUT2D eigenvalue weighted by molar-refractivity contribution is 0.105. The third-order valence-electron chi connectivity index (χ3n) is 7.49. The number of hydrogen-bond acceptors (Lipinski definition) is 3. The minimum absolute atomic E-state index is 0.0103. The van der Waals surface area contributed by atoms with Gasteiger partial charge in [0.15, 0.2) is 5.78 Å². The first-order chi connectivity index (χ1) is 20.7. The average Bonchev–Trinajstić information content (AvgIpc) is 3.65. The number of ketones is 1. The summed E-state index contributed by atoms with van der Waals surface area (Å²) in [5.41, 5.74) is 10.4. The number of hydrogen-bond donors (Lipinski definition) is 0. The molecule has 0 atom stereocenters. The maximum Gasteiger partial charge on any atom is 0.195 e. The molecule has 0 N–H and O–H groups in total. The molecule has 42 heavy (non-hydrogen) atoms. The zero-order valence-corrected chi connectivity index (χ0v) is 23.7. The predicted molar refractivity (Wildman–Crippen MR) is 178 cm³/mol. The van der Waals surface area contributed by atoms with E-state index in [4.69, 9.17) is 0 Å². The van der Waals surface area contributed by atoms with E-state index in [2.05, 4.69) is 108 Å². The van der Waals surface area contributed by atoms with Gasteiger partial charge in [-0.15, -0.1) is 11.3 Å². The van der Waals surface area contributed by atoms with Gasteiger partial charge in [0.2, 0.25) is 0 Å². The van der Waals surface area contributed by atoms with Gasteiger partial charge in [0.25, 0.3) is 0 Å². The van der Waals surface area contributed by atoms with Gasteiger partial charge in [0.1, 0.15) is 0 Å². The van der Waals surface area contributed by atoms with Crippen LogP contribution in [-0.2, 0) is 0 Å². The van der Waals surface area contributed by atoms with Crippen molar-refractivity contribution in [3.05, 3.63) is 178 Å². The van der Waals surface area contributed by atoms with Gasteiger partial charge in [0.05, 0.1) is 4.88 Å². The van der Waals surface area contributed by atoms with E-state index in [1.54, 1.807) is 6.08 Å². The molecule has 1 aliphatic carbocycles. The van der Waals surface area contributed by atoms with Crippen molar-refractivity contribution < 1.29 is 4.79 Å². The minimum Gasteiger partial charge on any atom is -0.311 e. The van der Waals surface area contributed by atoms with Gasteiger partial charge in [-0.25, -0.2) is 0 Å². The molecule has 6 aromatic rings. The highest BCUT2D eigenvalue weighted by molar-refractivity contribution is 7.15. The van der Waals surface area contributed by atoms with Crippen LogP contribution in [0.25, 0.3) is 28.9 Å². The van der Waals surface area contributed by atoms with Crippen LogP contribution in [0.2, 0.25) is 0 Å². The quantitative estimate of drug-likeness (QED) is 0.143. The molecular formula is C39H27NOS. The summed E-state index contributed by atoms with van der Waals surface area (Å²) in [6, 6.07) is 50.0. The second kappa shape index (κ2) is 11.3. The van der Waals surface area contributed by atoms with E-state index in [1.807, 2.05) is 54.6 Å². The van der Waals surface area contributed by atoms with Crippen LogP contribution in [0.15, 0.2) is 152 Å². The summed E-state index contributed by atoms with van der Waals surface area (Å²) < 4.78 is 0. The molecule has 0 aliphatic heterocycles. The number of fused-ring (bicyclic) bond motifs is 3. The smallest absolute Gasteiger partial charge is 0.195 e. The lowest BCUT2D eigenvalue weighted by Crippen LogP contribution is -2.09. The maximum absolute atomic E-state index is 13.1.